The molecular weight excluding hydrogens is 792 g/mol. The lowest BCUT2D eigenvalue weighted by Gasteiger charge is -2.27. The van der Waals surface area contributed by atoms with Crippen LogP contribution < -0.4 is 16.0 Å². The molecule has 4 rings (SSSR count). The van der Waals surface area contributed by atoms with Gasteiger partial charge in [0.1, 0.15) is 29.5 Å². The topological polar surface area (TPSA) is 280 Å². The first-order chi connectivity index (χ1) is 27.9. The van der Waals surface area contributed by atoms with Crippen LogP contribution in [0.3, 0.4) is 0 Å². The van der Waals surface area contributed by atoms with Gasteiger partial charge < -0.3 is 47.6 Å². The first kappa shape index (κ1) is 45.6. The van der Waals surface area contributed by atoms with Gasteiger partial charge in [0.15, 0.2) is 17.1 Å². The van der Waals surface area contributed by atoms with E-state index in [1.165, 1.54) is 34.6 Å². The third-order valence-corrected chi connectivity index (χ3v) is 8.77. The van der Waals surface area contributed by atoms with Crippen LogP contribution in [0.25, 0.3) is 0 Å². The number of aryl methyl sites for hydroxylation is 3. The summed E-state index contributed by atoms with van der Waals surface area (Å²) in [7, 11) is 3.13. The van der Waals surface area contributed by atoms with E-state index in [9.17, 15) is 33.6 Å². The van der Waals surface area contributed by atoms with Gasteiger partial charge in [-0.3, -0.25) is 14.9 Å². The van der Waals surface area contributed by atoms with Crippen molar-refractivity contribution in [1.29, 1.82) is 0 Å². The summed E-state index contributed by atoms with van der Waals surface area (Å²) in [6.45, 7) is 12.4. The van der Waals surface area contributed by atoms with E-state index in [4.69, 9.17) is 36.9 Å². The van der Waals surface area contributed by atoms with Crippen molar-refractivity contribution >= 4 is 41.8 Å². The zero-order valence-corrected chi connectivity index (χ0v) is 35.1. The van der Waals surface area contributed by atoms with Crippen molar-refractivity contribution < 1.29 is 70.5 Å². The summed E-state index contributed by atoms with van der Waals surface area (Å²) in [4.78, 5) is 105. The fourth-order valence-electron chi connectivity index (χ4n) is 5.50. The van der Waals surface area contributed by atoms with E-state index in [1.54, 1.807) is 51.1 Å². The number of hydrogen-bond donors (Lipinski definition) is 3. The van der Waals surface area contributed by atoms with Crippen LogP contribution in [-0.4, -0.2) is 83.7 Å². The van der Waals surface area contributed by atoms with E-state index in [2.05, 4.69) is 30.9 Å². The van der Waals surface area contributed by atoms with Crippen molar-refractivity contribution in [2.75, 3.05) is 21.3 Å². The molecule has 3 atom stereocenters. The van der Waals surface area contributed by atoms with E-state index in [0.29, 0.717) is 5.56 Å². The molecule has 0 spiro atoms. The number of amides is 3. The average molecular weight is 839 g/mol. The molecule has 3 heterocycles. The van der Waals surface area contributed by atoms with Gasteiger partial charge in [-0.25, -0.2) is 38.9 Å². The van der Waals surface area contributed by atoms with Crippen molar-refractivity contribution in [3.05, 3.63) is 87.9 Å². The van der Waals surface area contributed by atoms with Gasteiger partial charge >= 0.3 is 30.0 Å². The Morgan fingerprint density at radius 1 is 0.567 bits per heavy atom. The molecule has 0 radical (unpaired) electrons. The molecule has 1 aromatic carbocycles. The molecule has 0 aliphatic carbocycles. The first-order valence-corrected chi connectivity index (χ1v) is 18.0. The molecular formula is C39H46N6O15. The smallest absolute Gasteiger partial charge is 0.408 e. The Morgan fingerprint density at radius 2 is 0.933 bits per heavy atom. The Balaban J connectivity index is 1.64. The minimum Gasteiger partial charge on any atom is -0.467 e. The van der Waals surface area contributed by atoms with Crippen molar-refractivity contribution in [2.45, 2.75) is 91.1 Å². The number of nitrogens with one attached hydrogen (secondary N) is 3. The van der Waals surface area contributed by atoms with Crippen LogP contribution in [0.4, 0.5) is 4.79 Å². The highest BCUT2D eigenvalue weighted by molar-refractivity contribution is 5.99. The van der Waals surface area contributed by atoms with Crippen LogP contribution in [0.1, 0.15) is 114 Å². The molecule has 4 aromatic rings. The Hall–Kier alpha value is -7.06. The number of esters is 4. The van der Waals surface area contributed by atoms with Crippen molar-refractivity contribution in [3.8, 4) is 0 Å². The molecule has 0 saturated heterocycles. The summed E-state index contributed by atoms with van der Waals surface area (Å²) in [5, 5.41) is 7.22. The molecule has 3 amide bonds. The molecule has 0 bridgehead atoms. The molecule has 3 N–H and O–H groups in total. The third-order valence-electron chi connectivity index (χ3n) is 8.77. The number of rotatable bonds is 14. The van der Waals surface area contributed by atoms with Crippen LogP contribution in [0.15, 0.2) is 43.6 Å². The molecule has 0 aliphatic heterocycles. The van der Waals surface area contributed by atoms with Gasteiger partial charge in [0.25, 0.3) is 11.8 Å². The first-order valence-electron chi connectivity index (χ1n) is 18.0. The van der Waals surface area contributed by atoms with Gasteiger partial charge in [-0.05, 0) is 67.9 Å². The number of methoxy groups -OCH3 is 3. The number of benzene rings is 1. The van der Waals surface area contributed by atoms with E-state index in [1.807, 2.05) is 0 Å². The van der Waals surface area contributed by atoms with Crippen LogP contribution in [0.2, 0.25) is 0 Å². The lowest BCUT2D eigenvalue weighted by Crippen LogP contribution is -2.52. The minimum absolute atomic E-state index is 0.0272. The Morgan fingerprint density at radius 3 is 1.32 bits per heavy atom. The monoisotopic (exact) mass is 838 g/mol. The van der Waals surface area contributed by atoms with Crippen molar-refractivity contribution in [2.24, 2.45) is 0 Å². The second-order valence-corrected chi connectivity index (χ2v) is 14.7. The molecule has 322 valence electrons. The highest BCUT2D eigenvalue weighted by Crippen LogP contribution is 2.30. The predicted octanol–water partition coefficient (Wildman–Crippen LogP) is 3.48. The molecule has 21 nitrogen and oxygen atoms in total. The minimum atomic E-state index is -2.26. The fourth-order valence-corrected chi connectivity index (χ4v) is 5.50. The largest absolute Gasteiger partial charge is 0.467 e. The lowest BCUT2D eigenvalue weighted by molar-refractivity contribution is -0.149. The van der Waals surface area contributed by atoms with Crippen LogP contribution in [0, 0.1) is 20.8 Å². The molecule has 3 aromatic heterocycles. The number of nitrogens with zero attached hydrogens (tertiary/aromatic N) is 3. The molecule has 0 unspecified atom stereocenters. The van der Waals surface area contributed by atoms with E-state index >= 15 is 0 Å². The van der Waals surface area contributed by atoms with Crippen LogP contribution >= 0.6 is 0 Å². The summed E-state index contributed by atoms with van der Waals surface area (Å²) in [5.74, 6) is -8.01. The number of carbonyl (C=O) groups excluding carboxylic acids is 7. The van der Waals surface area contributed by atoms with E-state index < -0.39 is 93.1 Å². The Bertz CT molecular complexity index is 2310. The maximum atomic E-state index is 13.9. The zero-order valence-electron chi connectivity index (χ0n) is 35.1. The SMILES string of the molecule is COC(=O)[C@](C)(NC(=O)OC(C)(C)C)c1nc(C(=O)N[C@@](C)(C(=O)OC)c2nc(C(=O)N[C@@](C)(C(=O)OC)c3nc(C(=O)OCc4ccccc4)c(C)o3)c(C)o2)c(C)o1. The summed E-state index contributed by atoms with van der Waals surface area (Å²) < 4.78 is 42.4. The highest BCUT2D eigenvalue weighted by Gasteiger charge is 2.49. The molecule has 0 fully saturated rings. The Kier molecular flexibility index (Phi) is 13.3. The Labute approximate surface area is 343 Å². The van der Waals surface area contributed by atoms with Gasteiger partial charge in [0.2, 0.25) is 34.3 Å². The van der Waals surface area contributed by atoms with Gasteiger partial charge in [-0.2, -0.15) is 0 Å². The van der Waals surface area contributed by atoms with Crippen molar-refractivity contribution in [3.63, 3.8) is 0 Å². The number of alkyl carbamates (subject to hydrolysis) is 1. The third kappa shape index (κ3) is 9.45. The fraction of sp³-hybridized carbons (Fsp3) is 0.436. The van der Waals surface area contributed by atoms with Gasteiger partial charge in [0.05, 0.1) is 21.3 Å². The quantitative estimate of drug-likeness (QED) is 0.121. The summed E-state index contributed by atoms with van der Waals surface area (Å²) in [6, 6.07) is 8.85. The van der Waals surface area contributed by atoms with Crippen LogP contribution in [-0.2, 0) is 61.3 Å². The second kappa shape index (κ2) is 17.4. The van der Waals surface area contributed by atoms with Gasteiger partial charge in [-0.1, -0.05) is 30.3 Å². The summed E-state index contributed by atoms with van der Waals surface area (Å²) in [6.07, 6.45) is -1.03. The zero-order chi connectivity index (χ0) is 45.0. The molecule has 60 heavy (non-hydrogen) atoms. The highest BCUT2D eigenvalue weighted by atomic mass is 16.6. The van der Waals surface area contributed by atoms with E-state index in [-0.39, 0.29) is 29.6 Å². The van der Waals surface area contributed by atoms with Gasteiger partial charge in [0, 0.05) is 0 Å². The normalized spacial score (nSPS) is 14.3. The molecule has 21 heteroatoms. The number of hydrogen-bond acceptors (Lipinski definition) is 18. The summed E-state index contributed by atoms with van der Waals surface area (Å²) >= 11 is 0. The maximum absolute atomic E-state index is 13.9. The van der Waals surface area contributed by atoms with Crippen molar-refractivity contribution in [1.82, 2.24) is 30.9 Å². The number of ether oxygens (including phenoxy) is 5. The molecule has 0 aliphatic rings. The summed E-state index contributed by atoms with van der Waals surface area (Å²) in [5.41, 5.74) is -7.93. The molecule has 0 saturated carbocycles. The van der Waals surface area contributed by atoms with Gasteiger partial charge in [-0.15, -0.1) is 0 Å². The number of oxazole rings is 3. The average Bonchev–Trinajstić information content (AvgIpc) is 3.91. The maximum Gasteiger partial charge on any atom is 0.408 e. The lowest BCUT2D eigenvalue weighted by atomic mass is 10.0. The number of carbonyl (C=O) groups is 7. The predicted molar refractivity (Wildman–Crippen MR) is 202 cm³/mol. The van der Waals surface area contributed by atoms with E-state index in [0.717, 1.165) is 28.3 Å². The standard InChI is InChI=1S/C39H46N6O15/c1-19-23(26(46)44-38(8,33(50)54-11)30-42-25(21(3)59-30)28(48)56-18-22-16-14-13-15-17-22)40-29(57-19)37(7,32(49)53-10)43-27(47)24-20(2)58-31(41-24)39(9,34(51)55-12)45-35(52)60-36(4,5)6/h13-17H,18H2,1-12H3,(H,43,47)(H,44,46)(H,45,52)/t37-,38-,39-/m1/s1. The van der Waals surface area contributed by atoms with Crippen LogP contribution in [0.5, 0.6) is 0 Å². The number of aromatic nitrogens is 3. The second-order valence-electron chi connectivity index (χ2n) is 14.7.